The number of rotatable bonds is 2. The Kier molecular flexibility index (Phi) is 3.78. The first kappa shape index (κ1) is 16.2. The summed E-state index contributed by atoms with van der Waals surface area (Å²) in [6, 6.07) is 16.8. The van der Waals surface area contributed by atoms with Gasteiger partial charge in [-0.05, 0) is 68.5 Å². The van der Waals surface area contributed by atoms with Crippen molar-refractivity contribution in [2.45, 2.75) is 33.1 Å². The van der Waals surface area contributed by atoms with Crippen molar-refractivity contribution in [2.75, 3.05) is 11.9 Å². The van der Waals surface area contributed by atoms with Crippen molar-refractivity contribution in [3.63, 3.8) is 0 Å². The monoisotopic (exact) mass is 357 g/mol. The van der Waals surface area contributed by atoms with E-state index in [1.165, 1.54) is 23.1 Å². The average molecular weight is 357 g/mol. The molecule has 0 saturated carbocycles. The molecule has 0 radical (unpaired) electrons. The number of furan rings is 1. The van der Waals surface area contributed by atoms with Crippen LogP contribution in [0.2, 0.25) is 0 Å². The molecule has 27 heavy (non-hydrogen) atoms. The minimum absolute atomic E-state index is 0.846. The number of hydrogen-bond donors (Lipinski definition) is 1. The molecule has 4 heteroatoms. The Labute approximate surface area is 158 Å². The lowest BCUT2D eigenvalue weighted by atomic mass is 10.1. The van der Waals surface area contributed by atoms with Crippen LogP contribution < -0.4 is 5.32 Å². The molecule has 0 spiro atoms. The van der Waals surface area contributed by atoms with E-state index in [0.29, 0.717) is 0 Å². The molecule has 0 amide bonds. The lowest BCUT2D eigenvalue weighted by Gasteiger charge is -2.10. The van der Waals surface area contributed by atoms with Gasteiger partial charge in [-0.1, -0.05) is 24.3 Å². The summed E-state index contributed by atoms with van der Waals surface area (Å²) in [4.78, 5) is 0. The van der Waals surface area contributed by atoms with Crippen LogP contribution in [-0.4, -0.2) is 16.3 Å². The van der Waals surface area contributed by atoms with Gasteiger partial charge in [-0.15, -0.1) is 0 Å². The number of hydrogen-bond acceptors (Lipinski definition) is 3. The summed E-state index contributed by atoms with van der Waals surface area (Å²) in [6.45, 7) is 5.26. The largest absolute Gasteiger partial charge is 0.454 e. The van der Waals surface area contributed by atoms with E-state index in [1.807, 2.05) is 18.2 Å². The van der Waals surface area contributed by atoms with Gasteiger partial charge in [0.25, 0.3) is 0 Å². The Morgan fingerprint density at radius 3 is 2.74 bits per heavy atom. The Hall–Kier alpha value is -3.01. The Morgan fingerprint density at radius 2 is 1.89 bits per heavy atom. The number of nitrogens with zero attached hydrogens (tertiary/aromatic N) is 2. The normalized spacial score (nSPS) is 14.0. The molecule has 1 N–H and O–H groups in total. The van der Waals surface area contributed by atoms with Gasteiger partial charge in [0.15, 0.2) is 5.76 Å². The third-order valence-corrected chi connectivity index (χ3v) is 5.52. The third-order valence-electron chi connectivity index (χ3n) is 5.52. The van der Waals surface area contributed by atoms with Crippen LogP contribution in [0, 0.1) is 13.8 Å². The predicted octanol–water partition coefficient (Wildman–Crippen LogP) is 5.65. The third kappa shape index (κ3) is 2.72. The molecule has 2 aromatic carbocycles. The van der Waals surface area contributed by atoms with Gasteiger partial charge < -0.3 is 9.73 Å². The number of anilines is 1. The van der Waals surface area contributed by atoms with Crippen molar-refractivity contribution in [3.8, 4) is 17.1 Å². The van der Waals surface area contributed by atoms with Crippen molar-refractivity contribution >= 4 is 16.8 Å². The average Bonchev–Trinajstić information content (AvgIpc) is 3.17. The van der Waals surface area contributed by atoms with Gasteiger partial charge in [0, 0.05) is 17.5 Å². The molecular formula is C23H23N3O. The van der Waals surface area contributed by atoms with Crippen molar-refractivity contribution in [2.24, 2.45) is 0 Å². The molecule has 2 aromatic heterocycles. The minimum Gasteiger partial charge on any atom is -0.454 e. The summed E-state index contributed by atoms with van der Waals surface area (Å²) < 4.78 is 8.20. The number of aromatic nitrogens is 2. The van der Waals surface area contributed by atoms with E-state index in [0.717, 1.165) is 53.3 Å². The Morgan fingerprint density at radius 1 is 1.00 bits per heavy atom. The fraction of sp³-hybridized carbons (Fsp3) is 0.261. The lowest BCUT2D eigenvalue weighted by Crippen LogP contribution is -2.07. The maximum absolute atomic E-state index is 6.15. The number of aryl methyl sites for hydroxylation is 2. The zero-order chi connectivity index (χ0) is 18.4. The summed E-state index contributed by atoms with van der Waals surface area (Å²) in [5, 5.41) is 9.72. The first-order valence-corrected chi connectivity index (χ1v) is 9.63. The van der Waals surface area contributed by atoms with E-state index in [2.05, 4.69) is 54.2 Å². The molecule has 0 atom stereocenters. The Bertz CT molecular complexity index is 1100. The highest BCUT2D eigenvalue weighted by molar-refractivity contribution is 5.83. The van der Waals surface area contributed by atoms with Crippen LogP contribution in [-0.2, 0) is 6.42 Å². The van der Waals surface area contributed by atoms with Crippen molar-refractivity contribution in [3.05, 3.63) is 65.2 Å². The van der Waals surface area contributed by atoms with Gasteiger partial charge in [-0.3, -0.25) is 0 Å². The maximum Gasteiger partial charge on any atom is 0.156 e. The fourth-order valence-electron chi connectivity index (χ4n) is 3.84. The zero-order valence-electron chi connectivity index (χ0n) is 15.7. The van der Waals surface area contributed by atoms with Crippen LogP contribution in [0.15, 0.2) is 52.9 Å². The second-order valence-corrected chi connectivity index (χ2v) is 7.39. The number of benzene rings is 2. The molecule has 1 aliphatic heterocycles. The topological polar surface area (TPSA) is 43.0 Å². The standard InChI is InChI=1S/C23H23N3O/c1-15-10-11-18(13-16(15)2)26-23-19(8-5-6-12-24-23)22(25-26)21-14-17-7-3-4-9-20(17)27-21/h3-4,7,9-11,13-14,24H,5-6,8,12H2,1-2H3. The van der Waals surface area contributed by atoms with Crippen LogP contribution in [0.3, 0.4) is 0 Å². The maximum atomic E-state index is 6.15. The summed E-state index contributed by atoms with van der Waals surface area (Å²) >= 11 is 0. The Balaban J connectivity index is 1.71. The smallest absolute Gasteiger partial charge is 0.156 e. The molecule has 0 bridgehead atoms. The molecule has 0 saturated heterocycles. The van der Waals surface area contributed by atoms with Crippen molar-refractivity contribution < 1.29 is 4.42 Å². The quantitative estimate of drug-likeness (QED) is 0.504. The van der Waals surface area contributed by atoms with Crippen LogP contribution in [0.5, 0.6) is 0 Å². The SMILES string of the molecule is Cc1ccc(-n2nc(-c3cc4ccccc4o3)c3c2NCCCC3)cc1C. The molecule has 0 unspecified atom stereocenters. The molecule has 4 aromatic rings. The van der Waals surface area contributed by atoms with Crippen LogP contribution >= 0.6 is 0 Å². The fourth-order valence-corrected chi connectivity index (χ4v) is 3.84. The molecule has 0 fully saturated rings. The van der Waals surface area contributed by atoms with Crippen molar-refractivity contribution in [1.82, 2.24) is 9.78 Å². The molecule has 4 nitrogen and oxygen atoms in total. The van der Waals surface area contributed by atoms with E-state index in [9.17, 15) is 0 Å². The number of nitrogens with one attached hydrogen (secondary N) is 1. The van der Waals surface area contributed by atoms with Gasteiger partial charge in [-0.25, -0.2) is 4.68 Å². The van der Waals surface area contributed by atoms with Gasteiger partial charge in [0.05, 0.1) is 5.69 Å². The lowest BCUT2D eigenvalue weighted by molar-refractivity contribution is 0.625. The second-order valence-electron chi connectivity index (χ2n) is 7.39. The first-order valence-electron chi connectivity index (χ1n) is 9.63. The highest BCUT2D eigenvalue weighted by atomic mass is 16.3. The van der Waals surface area contributed by atoms with E-state index in [-0.39, 0.29) is 0 Å². The predicted molar refractivity (Wildman–Crippen MR) is 110 cm³/mol. The number of para-hydroxylation sites is 1. The van der Waals surface area contributed by atoms with Gasteiger partial charge in [0.2, 0.25) is 0 Å². The summed E-state index contributed by atoms with van der Waals surface area (Å²) in [7, 11) is 0. The summed E-state index contributed by atoms with van der Waals surface area (Å²) in [6.07, 6.45) is 3.34. The molecular weight excluding hydrogens is 334 g/mol. The van der Waals surface area contributed by atoms with Gasteiger partial charge in [0.1, 0.15) is 17.1 Å². The first-order chi connectivity index (χ1) is 13.2. The molecule has 136 valence electrons. The summed E-state index contributed by atoms with van der Waals surface area (Å²) in [5.41, 5.74) is 6.77. The van der Waals surface area contributed by atoms with E-state index < -0.39 is 0 Å². The second kappa shape index (κ2) is 6.31. The number of fused-ring (bicyclic) bond motifs is 2. The molecule has 5 rings (SSSR count). The van der Waals surface area contributed by atoms with Gasteiger partial charge in [-0.2, -0.15) is 5.10 Å². The highest BCUT2D eigenvalue weighted by Gasteiger charge is 2.23. The molecule has 3 heterocycles. The van der Waals surface area contributed by atoms with E-state index >= 15 is 0 Å². The highest BCUT2D eigenvalue weighted by Crippen LogP contribution is 2.36. The van der Waals surface area contributed by atoms with Crippen LogP contribution in [0.1, 0.15) is 29.5 Å². The van der Waals surface area contributed by atoms with Crippen LogP contribution in [0.25, 0.3) is 28.1 Å². The van der Waals surface area contributed by atoms with E-state index in [1.54, 1.807) is 0 Å². The zero-order valence-corrected chi connectivity index (χ0v) is 15.7. The summed E-state index contributed by atoms with van der Waals surface area (Å²) in [5.74, 6) is 1.95. The van der Waals surface area contributed by atoms with E-state index in [4.69, 9.17) is 9.52 Å². The molecule has 1 aliphatic rings. The van der Waals surface area contributed by atoms with Crippen LogP contribution in [0.4, 0.5) is 5.82 Å². The minimum atomic E-state index is 0.846. The molecule has 0 aliphatic carbocycles. The van der Waals surface area contributed by atoms with Gasteiger partial charge >= 0.3 is 0 Å². The van der Waals surface area contributed by atoms with Crippen molar-refractivity contribution in [1.29, 1.82) is 0 Å².